The standard InChI is InChI=1S/C11H20N4S/c1-9-13-14-11(15(9)8-7-12)16-10-5-3-2-4-6-10/h10H,2-8,12H2,1H3. The Morgan fingerprint density at radius 1 is 1.31 bits per heavy atom. The van der Waals surface area contributed by atoms with Crippen molar-refractivity contribution in [2.45, 2.75) is 56.0 Å². The summed E-state index contributed by atoms with van der Waals surface area (Å²) in [6.07, 6.45) is 6.76. The van der Waals surface area contributed by atoms with Gasteiger partial charge in [0, 0.05) is 18.3 Å². The Hall–Kier alpha value is -0.550. The van der Waals surface area contributed by atoms with Gasteiger partial charge in [0.25, 0.3) is 0 Å². The van der Waals surface area contributed by atoms with Crippen molar-refractivity contribution in [1.29, 1.82) is 0 Å². The van der Waals surface area contributed by atoms with Gasteiger partial charge in [0.05, 0.1) is 0 Å². The minimum atomic E-state index is 0.650. The van der Waals surface area contributed by atoms with Crippen LogP contribution in [0.1, 0.15) is 37.9 Å². The molecule has 0 unspecified atom stereocenters. The monoisotopic (exact) mass is 240 g/mol. The fourth-order valence-electron chi connectivity index (χ4n) is 2.17. The molecule has 0 saturated heterocycles. The summed E-state index contributed by atoms with van der Waals surface area (Å²) in [6, 6.07) is 0. The molecular weight excluding hydrogens is 220 g/mol. The van der Waals surface area contributed by atoms with Gasteiger partial charge in [-0.1, -0.05) is 31.0 Å². The van der Waals surface area contributed by atoms with E-state index in [9.17, 15) is 0 Å². The molecule has 1 aliphatic carbocycles. The third kappa shape index (κ3) is 2.77. The van der Waals surface area contributed by atoms with E-state index in [1.165, 1.54) is 32.1 Å². The zero-order valence-corrected chi connectivity index (χ0v) is 10.7. The maximum atomic E-state index is 5.61. The highest BCUT2D eigenvalue weighted by molar-refractivity contribution is 7.99. The van der Waals surface area contributed by atoms with Gasteiger partial charge in [-0.25, -0.2) is 0 Å². The zero-order valence-electron chi connectivity index (χ0n) is 9.85. The number of aryl methyl sites for hydroxylation is 1. The van der Waals surface area contributed by atoms with E-state index in [1.807, 2.05) is 18.7 Å². The minimum Gasteiger partial charge on any atom is -0.329 e. The summed E-state index contributed by atoms with van der Waals surface area (Å²) in [5, 5.41) is 10.2. The van der Waals surface area contributed by atoms with Crippen molar-refractivity contribution in [3.63, 3.8) is 0 Å². The Morgan fingerprint density at radius 2 is 2.06 bits per heavy atom. The summed E-state index contributed by atoms with van der Waals surface area (Å²) >= 11 is 1.89. The van der Waals surface area contributed by atoms with E-state index in [-0.39, 0.29) is 0 Å². The topological polar surface area (TPSA) is 56.7 Å². The van der Waals surface area contributed by atoms with Crippen molar-refractivity contribution in [3.05, 3.63) is 5.82 Å². The van der Waals surface area contributed by atoms with Crippen LogP contribution in [0.4, 0.5) is 0 Å². The van der Waals surface area contributed by atoms with Crippen molar-refractivity contribution >= 4 is 11.8 Å². The second-order valence-corrected chi connectivity index (χ2v) is 5.62. The Labute approximate surface area is 101 Å². The summed E-state index contributed by atoms with van der Waals surface area (Å²) in [4.78, 5) is 0. The first-order valence-electron chi connectivity index (χ1n) is 6.08. The molecule has 0 amide bonds. The average Bonchev–Trinajstić information content (AvgIpc) is 2.64. The van der Waals surface area contributed by atoms with Gasteiger partial charge >= 0.3 is 0 Å². The molecule has 1 aliphatic rings. The van der Waals surface area contributed by atoms with Crippen LogP contribution in [0.2, 0.25) is 0 Å². The van der Waals surface area contributed by atoms with Gasteiger partial charge in [-0.3, -0.25) is 0 Å². The van der Waals surface area contributed by atoms with E-state index >= 15 is 0 Å². The third-order valence-electron chi connectivity index (χ3n) is 3.08. The lowest BCUT2D eigenvalue weighted by molar-refractivity contribution is 0.513. The maximum Gasteiger partial charge on any atom is 0.191 e. The number of rotatable bonds is 4. The van der Waals surface area contributed by atoms with Crippen LogP contribution in [-0.4, -0.2) is 26.6 Å². The van der Waals surface area contributed by atoms with Crippen LogP contribution in [0.15, 0.2) is 5.16 Å². The quantitative estimate of drug-likeness (QED) is 0.874. The molecule has 4 nitrogen and oxygen atoms in total. The zero-order chi connectivity index (χ0) is 11.4. The lowest BCUT2D eigenvalue weighted by atomic mass is 10.0. The molecule has 1 heterocycles. The SMILES string of the molecule is Cc1nnc(SC2CCCCC2)n1CCN. The smallest absolute Gasteiger partial charge is 0.191 e. The molecule has 1 saturated carbocycles. The number of aromatic nitrogens is 3. The van der Waals surface area contributed by atoms with Gasteiger partial charge in [0.1, 0.15) is 5.82 Å². The minimum absolute atomic E-state index is 0.650. The van der Waals surface area contributed by atoms with E-state index in [1.54, 1.807) is 0 Å². The molecule has 2 N–H and O–H groups in total. The van der Waals surface area contributed by atoms with Gasteiger partial charge in [0.2, 0.25) is 0 Å². The van der Waals surface area contributed by atoms with Crippen LogP contribution < -0.4 is 5.73 Å². The van der Waals surface area contributed by atoms with E-state index in [0.29, 0.717) is 6.54 Å². The molecule has 0 atom stereocenters. The van der Waals surface area contributed by atoms with Gasteiger partial charge in [-0.05, 0) is 19.8 Å². The fraction of sp³-hybridized carbons (Fsp3) is 0.818. The first kappa shape index (κ1) is 11.9. The molecular formula is C11H20N4S. The summed E-state index contributed by atoms with van der Waals surface area (Å²) in [6.45, 7) is 3.47. The Balaban J connectivity index is 2.02. The van der Waals surface area contributed by atoms with Crippen molar-refractivity contribution in [2.75, 3.05) is 6.54 Å². The lowest BCUT2D eigenvalue weighted by Gasteiger charge is -2.20. The van der Waals surface area contributed by atoms with Crippen molar-refractivity contribution < 1.29 is 0 Å². The second kappa shape index (κ2) is 5.68. The molecule has 0 bridgehead atoms. The predicted molar refractivity (Wildman–Crippen MR) is 66.5 cm³/mol. The summed E-state index contributed by atoms with van der Waals surface area (Å²) in [5.41, 5.74) is 5.61. The maximum absolute atomic E-state index is 5.61. The average molecular weight is 240 g/mol. The van der Waals surface area contributed by atoms with Crippen molar-refractivity contribution in [1.82, 2.24) is 14.8 Å². The van der Waals surface area contributed by atoms with Crippen LogP contribution in [0, 0.1) is 6.92 Å². The number of nitrogens with zero attached hydrogens (tertiary/aromatic N) is 3. The molecule has 0 radical (unpaired) electrons. The van der Waals surface area contributed by atoms with Crippen molar-refractivity contribution in [3.8, 4) is 0 Å². The summed E-state index contributed by atoms with van der Waals surface area (Å²) in [7, 11) is 0. The second-order valence-electron chi connectivity index (χ2n) is 4.35. The van der Waals surface area contributed by atoms with Crippen LogP contribution in [0.3, 0.4) is 0 Å². The summed E-state index contributed by atoms with van der Waals surface area (Å²) in [5.74, 6) is 0.976. The van der Waals surface area contributed by atoms with Gasteiger partial charge < -0.3 is 10.3 Å². The Bertz CT molecular complexity index is 331. The highest BCUT2D eigenvalue weighted by Gasteiger charge is 2.18. The number of hydrogen-bond acceptors (Lipinski definition) is 4. The molecule has 0 aliphatic heterocycles. The fourth-order valence-corrected chi connectivity index (χ4v) is 3.47. The molecule has 1 fully saturated rings. The van der Waals surface area contributed by atoms with Gasteiger partial charge in [-0.15, -0.1) is 10.2 Å². The first-order valence-corrected chi connectivity index (χ1v) is 6.95. The Kier molecular flexibility index (Phi) is 4.23. The molecule has 0 aromatic carbocycles. The molecule has 1 aromatic heterocycles. The van der Waals surface area contributed by atoms with Crippen LogP contribution in [0.25, 0.3) is 0 Å². The van der Waals surface area contributed by atoms with Crippen LogP contribution >= 0.6 is 11.8 Å². The van der Waals surface area contributed by atoms with Crippen molar-refractivity contribution in [2.24, 2.45) is 5.73 Å². The Morgan fingerprint density at radius 3 is 2.75 bits per heavy atom. The molecule has 2 rings (SSSR count). The van der Waals surface area contributed by atoms with E-state index in [2.05, 4.69) is 14.8 Å². The largest absolute Gasteiger partial charge is 0.329 e. The molecule has 1 aromatic rings. The number of thioether (sulfide) groups is 1. The summed E-state index contributed by atoms with van der Waals surface area (Å²) < 4.78 is 2.14. The number of nitrogens with two attached hydrogens (primary N) is 1. The first-order chi connectivity index (χ1) is 7.81. The van der Waals surface area contributed by atoms with Gasteiger partial charge in [-0.2, -0.15) is 0 Å². The van der Waals surface area contributed by atoms with Crippen LogP contribution in [-0.2, 0) is 6.54 Å². The van der Waals surface area contributed by atoms with E-state index in [0.717, 1.165) is 22.8 Å². The molecule has 5 heteroatoms. The normalized spacial score (nSPS) is 17.9. The van der Waals surface area contributed by atoms with E-state index in [4.69, 9.17) is 5.73 Å². The highest BCUT2D eigenvalue weighted by atomic mass is 32.2. The molecule has 0 spiro atoms. The highest BCUT2D eigenvalue weighted by Crippen LogP contribution is 2.32. The number of hydrogen-bond donors (Lipinski definition) is 1. The third-order valence-corrected chi connectivity index (χ3v) is 4.40. The van der Waals surface area contributed by atoms with E-state index < -0.39 is 0 Å². The predicted octanol–water partition coefficient (Wildman–Crippen LogP) is 1.97. The van der Waals surface area contributed by atoms with Crippen LogP contribution in [0.5, 0.6) is 0 Å². The molecule has 16 heavy (non-hydrogen) atoms. The molecule has 90 valence electrons. The lowest BCUT2D eigenvalue weighted by Crippen LogP contribution is -2.14. The van der Waals surface area contributed by atoms with Gasteiger partial charge in [0.15, 0.2) is 5.16 Å².